The van der Waals surface area contributed by atoms with Crippen molar-refractivity contribution in [1.82, 2.24) is 4.90 Å². The second kappa shape index (κ2) is 4.17. The van der Waals surface area contributed by atoms with Crippen molar-refractivity contribution in [2.45, 2.75) is 45.3 Å². The lowest BCUT2D eigenvalue weighted by Gasteiger charge is -2.32. The first-order valence-electron chi connectivity index (χ1n) is 6.15. The SMILES string of the molecule is CC1(C)OB(/C=C/CN2CCC2)OC1(C)C. The number of likely N-dealkylation sites (tertiary alicyclic amines) is 1. The summed E-state index contributed by atoms with van der Waals surface area (Å²) in [6, 6.07) is 0. The zero-order valence-electron chi connectivity index (χ0n) is 10.8. The van der Waals surface area contributed by atoms with E-state index >= 15 is 0 Å². The van der Waals surface area contributed by atoms with Crippen LogP contribution in [0.5, 0.6) is 0 Å². The highest BCUT2D eigenvalue weighted by Crippen LogP contribution is 2.36. The highest BCUT2D eigenvalue weighted by atomic mass is 16.7. The molecule has 2 aliphatic heterocycles. The first kappa shape index (κ1) is 12.2. The molecule has 90 valence electrons. The minimum Gasteiger partial charge on any atom is -0.400 e. The molecule has 0 aliphatic carbocycles. The fourth-order valence-electron chi connectivity index (χ4n) is 1.85. The molecule has 0 unspecified atom stereocenters. The van der Waals surface area contributed by atoms with Gasteiger partial charge in [-0.1, -0.05) is 12.1 Å². The fraction of sp³-hybridized carbons (Fsp3) is 0.833. The first-order chi connectivity index (χ1) is 7.41. The van der Waals surface area contributed by atoms with Crippen molar-refractivity contribution in [3.05, 3.63) is 12.1 Å². The van der Waals surface area contributed by atoms with E-state index in [9.17, 15) is 0 Å². The molecule has 2 aliphatic rings. The Morgan fingerprint density at radius 3 is 2.12 bits per heavy atom. The Bertz CT molecular complexity index is 269. The summed E-state index contributed by atoms with van der Waals surface area (Å²) in [5.41, 5.74) is -0.447. The first-order valence-corrected chi connectivity index (χ1v) is 6.15. The normalized spacial score (nSPS) is 28.6. The van der Waals surface area contributed by atoms with E-state index in [1.165, 1.54) is 19.5 Å². The fourth-order valence-corrected chi connectivity index (χ4v) is 1.85. The van der Waals surface area contributed by atoms with Gasteiger partial charge in [0.1, 0.15) is 0 Å². The quantitative estimate of drug-likeness (QED) is 0.682. The largest absolute Gasteiger partial charge is 0.486 e. The van der Waals surface area contributed by atoms with Crippen molar-refractivity contribution < 1.29 is 9.31 Å². The Kier molecular flexibility index (Phi) is 3.17. The highest BCUT2D eigenvalue weighted by molar-refractivity contribution is 6.51. The van der Waals surface area contributed by atoms with Crippen LogP contribution in [0.2, 0.25) is 0 Å². The third kappa shape index (κ3) is 2.34. The van der Waals surface area contributed by atoms with E-state index < -0.39 is 0 Å². The summed E-state index contributed by atoms with van der Waals surface area (Å²) < 4.78 is 11.7. The van der Waals surface area contributed by atoms with E-state index in [-0.39, 0.29) is 18.3 Å². The van der Waals surface area contributed by atoms with Crippen molar-refractivity contribution in [2.75, 3.05) is 19.6 Å². The number of nitrogens with zero attached hydrogens (tertiary/aromatic N) is 1. The highest BCUT2D eigenvalue weighted by Gasteiger charge is 2.49. The Morgan fingerprint density at radius 1 is 1.12 bits per heavy atom. The maximum atomic E-state index is 5.87. The second-order valence-electron chi connectivity index (χ2n) is 5.71. The predicted molar refractivity (Wildman–Crippen MR) is 66.3 cm³/mol. The molecule has 0 aromatic heterocycles. The van der Waals surface area contributed by atoms with Crippen LogP contribution < -0.4 is 0 Å². The van der Waals surface area contributed by atoms with Gasteiger partial charge in [0.2, 0.25) is 0 Å². The van der Waals surface area contributed by atoms with Gasteiger partial charge >= 0.3 is 7.12 Å². The third-order valence-corrected chi connectivity index (χ3v) is 3.88. The average Bonchev–Trinajstić information content (AvgIpc) is 2.26. The lowest BCUT2D eigenvalue weighted by atomic mass is 9.90. The van der Waals surface area contributed by atoms with Crippen LogP contribution in [0.25, 0.3) is 0 Å². The minimum absolute atomic E-state index is 0.189. The van der Waals surface area contributed by atoms with E-state index in [0.717, 1.165) is 6.54 Å². The van der Waals surface area contributed by atoms with E-state index in [1.807, 2.05) is 5.98 Å². The summed E-state index contributed by atoms with van der Waals surface area (Å²) >= 11 is 0. The number of hydrogen-bond donors (Lipinski definition) is 0. The summed E-state index contributed by atoms with van der Waals surface area (Å²) in [5, 5.41) is 0. The van der Waals surface area contributed by atoms with Crippen LogP contribution in [0, 0.1) is 0 Å². The number of rotatable bonds is 3. The maximum absolute atomic E-state index is 5.87. The molecule has 2 rings (SSSR count). The molecule has 0 saturated carbocycles. The molecule has 0 atom stereocenters. The Morgan fingerprint density at radius 2 is 1.69 bits per heavy atom. The molecule has 2 heterocycles. The Balaban J connectivity index is 1.83. The molecule has 3 nitrogen and oxygen atoms in total. The van der Waals surface area contributed by atoms with E-state index in [2.05, 4.69) is 38.7 Å². The van der Waals surface area contributed by atoms with Crippen LogP contribution >= 0.6 is 0 Å². The van der Waals surface area contributed by atoms with Gasteiger partial charge in [0.25, 0.3) is 0 Å². The standard InChI is InChI=1S/C12H22BNO2/c1-11(2)12(3,4)16-13(15-11)7-5-8-14-9-6-10-14/h5,7H,6,8-10H2,1-4H3/b7-5+. The zero-order valence-corrected chi connectivity index (χ0v) is 10.8. The van der Waals surface area contributed by atoms with Gasteiger partial charge in [-0.25, -0.2) is 0 Å². The van der Waals surface area contributed by atoms with Crippen molar-refractivity contribution in [3.63, 3.8) is 0 Å². The van der Waals surface area contributed by atoms with Gasteiger partial charge in [0.15, 0.2) is 0 Å². The smallest absolute Gasteiger partial charge is 0.400 e. The van der Waals surface area contributed by atoms with Crippen LogP contribution in [0.3, 0.4) is 0 Å². The van der Waals surface area contributed by atoms with Crippen molar-refractivity contribution in [3.8, 4) is 0 Å². The van der Waals surface area contributed by atoms with Gasteiger partial charge in [-0.3, -0.25) is 4.90 Å². The van der Waals surface area contributed by atoms with Gasteiger partial charge in [0.05, 0.1) is 11.2 Å². The van der Waals surface area contributed by atoms with Crippen molar-refractivity contribution in [2.24, 2.45) is 0 Å². The molecule has 0 spiro atoms. The van der Waals surface area contributed by atoms with Crippen LogP contribution in [0.15, 0.2) is 12.1 Å². The summed E-state index contributed by atoms with van der Waals surface area (Å²) in [7, 11) is -0.189. The third-order valence-electron chi connectivity index (χ3n) is 3.88. The zero-order chi connectivity index (χ0) is 11.8. The summed E-state index contributed by atoms with van der Waals surface area (Å²) in [6.45, 7) is 11.8. The summed E-state index contributed by atoms with van der Waals surface area (Å²) in [4.78, 5) is 2.40. The maximum Gasteiger partial charge on any atom is 0.486 e. The van der Waals surface area contributed by atoms with Crippen LogP contribution in [-0.4, -0.2) is 42.9 Å². The van der Waals surface area contributed by atoms with Crippen molar-refractivity contribution in [1.29, 1.82) is 0 Å². The molecular formula is C12H22BNO2. The van der Waals surface area contributed by atoms with E-state index in [0.29, 0.717) is 0 Å². The molecule has 4 heteroatoms. The molecule has 0 aromatic rings. The lowest BCUT2D eigenvalue weighted by Crippen LogP contribution is -2.41. The lowest BCUT2D eigenvalue weighted by molar-refractivity contribution is 0.00578. The van der Waals surface area contributed by atoms with Gasteiger partial charge in [-0.05, 0) is 47.2 Å². The molecule has 0 N–H and O–H groups in total. The molecule has 2 saturated heterocycles. The van der Waals surface area contributed by atoms with Crippen LogP contribution in [-0.2, 0) is 9.31 Å². The topological polar surface area (TPSA) is 21.7 Å². The average molecular weight is 223 g/mol. The van der Waals surface area contributed by atoms with Crippen molar-refractivity contribution >= 4 is 7.12 Å². The summed E-state index contributed by atoms with van der Waals surface area (Å²) in [6.07, 6.45) is 3.49. The minimum atomic E-state index is -0.223. The number of hydrogen-bond acceptors (Lipinski definition) is 3. The molecule has 0 radical (unpaired) electrons. The van der Waals surface area contributed by atoms with Gasteiger partial charge in [-0.15, -0.1) is 0 Å². The van der Waals surface area contributed by atoms with Gasteiger partial charge in [0, 0.05) is 6.54 Å². The molecule has 0 aromatic carbocycles. The van der Waals surface area contributed by atoms with E-state index in [4.69, 9.17) is 9.31 Å². The van der Waals surface area contributed by atoms with Crippen LogP contribution in [0.4, 0.5) is 0 Å². The molecule has 0 amide bonds. The van der Waals surface area contributed by atoms with Crippen LogP contribution in [0.1, 0.15) is 34.1 Å². The molecule has 0 bridgehead atoms. The molecule has 2 fully saturated rings. The Hall–Kier alpha value is -0.315. The predicted octanol–water partition coefficient (Wildman–Crippen LogP) is 1.88. The molecule has 16 heavy (non-hydrogen) atoms. The molecular weight excluding hydrogens is 201 g/mol. The van der Waals surface area contributed by atoms with Gasteiger partial charge < -0.3 is 9.31 Å². The second-order valence-corrected chi connectivity index (χ2v) is 5.71. The van der Waals surface area contributed by atoms with Gasteiger partial charge in [-0.2, -0.15) is 0 Å². The summed E-state index contributed by atoms with van der Waals surface area (Å²) in [5.74, 6) is 2.04. The Labute approximate surface area is 98.9 Å². The van der Waals surface area contributed by atoms with E-state index in [1.54, 1.807) is 0 Å². The monoisotopic (exact) mass is 223 g/mol.